The number of aromatic nitrogens is 1. The van der Waals surface area contributed by atoms with Crippen molar-refractivity contribution in [3.63, 3.8) is 0 Å². The lowest BCUT2D eigenvalue weighted by Crippen LogP contribution is -2.50. The van der Waals surface area contributed by atoms with Crippen LogP contribution in [-0.2, 0) is 34.1 Å². The molecule has 35 heavy (non-hydrogen) atoms. The van der Waals surface area contributed by atoms with Crippen molar-refractivity contribution in [2.75, 3.05) is 26.2 Å². The van der Waals surface area contributed by atoms with E-state index in [1.807, 2.05) is 43.3 Å². The Morgan fingerprint density at radius 1 is 0.971 bits per heavy atom. The monoisotopic (exact) mass is 493 g/mol. The topological polar surface area (TPSA) is 83.7 Å². The number of carbonyl (C=O) groups is 1. The van der Waals surface area contributed by atoms with Gasteiger partial charge >= 0.3 is 0 Å². The van der Waals surface area contributed by atoms with Crippen molar-refractivity contribution in [3.05, 3.63) is 71.2 Å². The van der Waals surface area contributed by atoms with E-state index in [0.29, 0.717) is 49.1 Å². The van der Waals surface area contributed by atoms with Crippen molar-refractivity contribution in [3.8, 4) is 11.3 Å². The molecule has 0 unspecified atom stereocenters. The van der Waals surface area contributed by atoms with Gasteiger partial charge in [0.15, 0.2) is 11.7 Å². The standard InChI is InChI=1S/C27H31N3O4S/c1-20-6-8-22(9-7-20)25-19-28-26(34-25)12-13-27(31)29-14-16-30(17-15-29)35(32,33)24-11-10-21-4-2-3-5-23(21)18-24/h6-11,18-19H,2-5,12-17H2,1H3. The van der Waals surface area contributed by atoms with Crippen molar-refractivity contribution in [2.45, 2.75) is 50.3 Å². The molecule has 1 amide bonds. The van der Waals surface area contributed by atoms with Crippen LogP contribution in [0.2, 0.25) is 0 Å². The number of sulfonamides is 1. The Balaban J connectivity index is 1.15. The molecule has 0 bridgehead atoms. The molecule has 0 saturated carbocycles. The van der Waals surface area contributed by atoms with Gasteiger partial charge in [-0.15, -0.1) is 0 Å². The maximum Gasteiger partial charge on any atom is 0.243 e. The van der Waals surface area contributed by atoms with E-state index >= 15 is 0 Å². The van der Waals surface area contributed by atoms with Gasteiger partial charge in [-0.05, 0) is 55.9 Å². The maximum absolute atomic E-state index is 13.2. The number of piperazine rings is 1. The summed E-state index contributed by atoms with van der Waals surface area (Å²) in [5, 5.41) is 0. The molecular formula is C27H31N3O4S. The Morgan fingerprint density at radius 3 is 2.43 bits per heavy atom. The van der Waals surface area contributed by atoms with Crippen LogP contribution in [0.4, 0.5) is 0 Å². The zero-order valence-corrected chi connectivity index (χ0v) is 20.9. The number of amides is 1. The van der Waals surface area contributed by atoms with Crippen LogP contribution in [0, 0.1) is 6.92 Å². The summed E-state index contributed by atoms with van der Waals surface area (Å²) >= 11 is 0. The molecule has 1 aliphatic carbocycles. The summed E-state index contributed by atoms with van der Waals surface area (Å²) in [6.07, 6.45) is 6.63. The quantitative estimate of drug-likeness (QED) is 0.518. The molecule has 2 heterocycles. The Morgan fingerprint density at radius 2 is 1.69 bits per heavy atom. The zero-order chi connectivity index (χ0) is 24.4. The highest BCUT2D eigenvalue weighted by molar-refractivity contribution is 7.89. The minimum absolute atomic E-state index is 0.00841. The molecule has 3 aromatic rings. The first-order valence-electron chi connectivity index (χ1n) is 12.3. The average molecular weight is 494 g/mol. The molecule has 1 aromatic heterocycles. The summed E-state index contributed by atoms with van der Waals surface area (Å²) in [7, 11) is -3.56. The van der Waals surface area contributed by atoms with E-state index in [2.05, 4.69) is 4.98 Å². The molecule has 1 aliphatic heterocycles. The predicted octanol–water partition coefficient (Wildman–Crippen LogP) is 3.99. The van der Waals surface area contributed by atoms with Crippen LogP contribution in [-0.4, -0.2) is 54.7 Å². The molecule has 184 valence electrons. The number of benzene rings is 2. The Labute approximate surface area is 206 Å². The van der Waals surface area contributed by atoms with E-state index in [0.717, 1.165) is 30.4 Å². The van der Waals surface area contributed by atoms with Gasteiger partial charge in [-0.25, -0.2) is 13.4 Å². The molecule has 5 rings (SSSR count). The largest absolute Gasteiger partial charge is 0.441 e. The molecule has 8 heteroatoms. The second-order valence-electron chi connectivity index (χ2n) is 9.41. The molecule has 2 aliphatic rings. The number of aryl methyl sites for hydroxylation is 4. The highest BCUT2D eigenvalue weighted by atomic mass is 32.2. The molecule has 1 fully saturated rings. The first kappa shape index (κ1) is 23.8. The smallest absolute Gasteiger partial charge is 0.243 e. The zero-order valence-electron chi connectivity index (χ0n) is 20.1. The van der Waals surface area contributed by atoms with Crippen LogP contribution in [0.3, 0.4) is 0 Å². The maximum atomic E-state index is 13.2. The fourth-order valence-electron chi connectivity index (χ4n) is 4.85. The third kappa shape index (κ3) is 5.18. The highest BCUT2D eigenvalue weighted by Gasteiger charge is 2.30. The highest BCUT2D eigenvalue weighted by Crippen LogP contribution is 2.26. The molecule has 7 nitrogen and oxygen atoms in total. The van der Waals surface area contributed by atoms with E-state index in [1.165, 1.54) is 21.9 Å². The van der Waals surface area contributed by atoms with E-state index in [-0.39, 0.29) is 12.3 Å². The molecular weight excluding hydrogens is 462 g/mol. The van der Waals surface area contributed by atoms with Gasteiger partial charge < -0.3 is 9.32 Å². The minimum Gasteiger partial charge on any atom is -0.441 e. The van der Waals surface area contributed by atoms with Gasteiger partial charge in [-0.2, -0.15) is 4.31 Å². The summed E-state index contributed by atoms with van der Waals surface area (Å²) in [5.74, 6) is 1.21. The fraction of sp³-hybridized carbons (Fsp3) is 0.407. The first-order valence-corrected chi connectivity index (χ1v) is 13.8. The van der Waals surface area contributed by atoms with Crippen molar-refractivity contribution >= 4 is 15.9 Å². The van der Waals surface area contributed by atoms with Crippen molar-refractivity contribution in [1.29, 1.82) is 0 Å². The Kier molecular flexibility index (Phi) is 6.75. The molecule has 0 N–H and O–H groups in total. The normalized spacial score (nSPS) is 16.8. The van der Waals surface area contributed by atoms with E-state index < -0.39 is 10.0 Å². The second kappa shape index (κ2) is 9.95. The van der Waals surface area contributed by atoms with Crippen molar-refractivity contribution in [2.24, 2.45) is 0 Å². The predicted molar refractivity (Wildman–Crippen MR) is 133 cm³/mol. The van der Waals surface area contributed by atoms with E-state index in [1.54, 1.807) is 17.2 Å². The van der Waals surface area contributed by atoms with E-state index in [4.69, 9.17) is 4.42 Å². The number of hydrogen-bond acceptors (Lipinski definition) is 5. The lowest BCUT2D eigenvalue weighted by atomic mass is 9.92. The lowest BCUT2D eigenvalue weighted by molar-refractivity contribution is -0.132. The third-order valence-corrected chi connectivity index (χ3v) is 8.89. The molecule has 0 radical (unpaired) electrons. The first-order chi connectivity index (χ1) is 16.9. The Bertz CT molecular complexity index is 1310. The van der Waals surface area contributed by atoms with Gasteiger partial charge in [0, 0.05) is 44.6 Å². The number of nitrogens with zero attached hydrogens (tertiary/aromatic N) is 3. The SMILES string of the molecule is Cc1ccc(-c2cnc(CCC(=O)N3CCN(S(=O)(=O)c4ccc5c(c4)CCCC5)CC3)o2)cc1. The van der Waals surface area contributed by atoms with Crippen LogP contribution in [0.5, 0.6) is 0 Å². The van der Waals surface area contributed by atoms with Gasteiger partial charge in [0.2, 0.25) is 15.9 Å². The second-order valence-corrected chi connectivity index (χ2v) is 11.3. The molecule has 0 atom stereocenters. The molecule has 1 saturated heterocycles. The number of carbonyl (C=O) groups excluding carboxylic acids is 1. The summed E-state index contributed by atoms with van der Waals surface area (Å²) in [6, 6.07) is 13.6. The van der Waals surface area contributed by atoms with Crippen LogP contribution in [0.15, 0.2) is 58.0 Å². The van der Waals surface area contributed by atoms with Crippen LogP contribution >= 0.6 is 0 Å². The van der Waals surface area contributed by atoms with Crippen molar-refractivity contribution in [1.82, 2.24) is 14.2 Å². The number of hydrogen-bond donors (Lipinski definition) is 0. The minimum atomic E-state index is -3.56. The fourth-order valence-corrected chi connectivity index (χ4v) is 6.32. The molecule has 2 aromatic carbocycles. The van der Waals surface area contributed by atoms with Crippen LogP contribution < -0.4 is 0 Å². The van der Waals surface area contributed by atoms with Gasteiger partial charge in [0.05, 0.1) is 11.1 Å². The van der Waals surface area contributed by atoms with Crippen LogP contribution in [0.25, 0.3) is 11.3 Å². The van der Waals surface area contributed by atoms with Gasteiger partial charge in [0.1, 0.15) is 0 Å². The van der Waals surface area contributed by atoms with Gasteiger partial charge in [-0.1, -0.05) is 35.9 Å². The van der Waals surface area contributed by atoms with Crippen molar-refractivity contribution < 1.29 is 17.6 Å². The average Bonchev–Trinajstić information content (AvgIpc) is 3.36. The van der Waals surface area contributed by atoms with E-state index in [9.17, 15) is 13.2 Å². The van der Waals surface area contributed by atoms with Gasteiger partial charge in [-0.3, -0.25) is 4.79 Å². The summed E-state index contributed by atoms with van der Waals surface area (Å²) < 4.78 is 33.7. The van der Waals surface area contributed by atoms with Gasteiger partial charge in [0.25, 0.3) is 0 Å². The lowest BCUT2D eigenvalue weighted by Gasteiger charge is -2.34. The number of oxazole rings is 1. The summed E-state index contributed by atoms with van der Waals surface area (Å²) in [4.78, 5) is 19.2. The van der Waals surface area contributed by atoms with Crippen LogP contribution in [0.1, 0.15) is 41.8 Å². The Hall–Kier alpha value is -2.97. The number of fused-ring (bicyclic) bond motifs is 1. The summed E-state index contributed by atoms with van der Waals surface area (Å²) in [6.45, 7) is 3.43. The third-order valence-electron chi connectivity index (χ3n) is 6.99. The number of rotatable bonds is 6. The molecule has 0 spiro atoms. The summed E-state index contributed by atoms with van der Waals surface area (Å²) in [5.41, 5.74) is 4.55.